The molecule has 0 fully saturated rings. The molecule has 0 saturated carbocycles. The van der Waals surface area contributed by atoms with Gasteiger partial charge in [-0.05, 0) is 43.7 Å². The first-order valence-electron chi connectivity index (χ1n) is 6.75. The summed E-state index contributed by atoms with van der Waals surface area (Å²) in [5, 5.41) is 3.19. The number of ether oxygens (including phenoxy) is 1. The van der Waals surface area contributed by atoms with Crippen LogP contribution in [0, 0.1) is 13.8 Å². The van der Waals surface area contributed by atoms with E-state index in [0.29, 0.717) is 16.3 Å². The first-order valence-corrected chi connectivity index (χ1v) is 7.13. The lowest BCUT2D eigenvalue weighted by atomic mass is 10.1. The van der Waals surface area contributed by atoms with Crippen LogP contribution in [-0.2, 0) is 9.53 Å². The minimum atomic E-state index is -0.527. The number of anilines is 1. The SMILES string of the molecule is Cc1cccc(C(=O)OCC(=O)Nc2ccc(C)c(Cl)c2)c1. The standard InChI is InChI=1S/C17H16ClNO3/c1-11-4-3-5-13(8-11)17(21)22-10-16(20)19-14-7-6-12(2)15(18)9-14/h3-9H,10H2,1-2H3,(H,19,20). The van der Waals surface area contributed by atoms with E-state index in [1.165, 1.54) is 0 Å². The van der Waals surface area contributed by atoms with Gasteiger partial charge in [-0.25, -0.2) is 4.79 Å². The van der Waals surface area contributed by atoms with Crippen LogP contribution >= 0.6 is 11.6 Å². The number of nitrogens with one attached hydrogen (secondary N) is 1. The Balaban J connectivity index is 1.90. The van der Waals surface area contributed by atoms with Gasteiger partial charge >= 0.3 is 5.97 Å². The number of hydrogen-bond acceptors (Lipinski definition) is 3. The fourth-order valence-electron chi connectivity index (χ4n) is 1.85. The van der Waals surface area contributed by atoms with Gasteiger partial charge in [-0.3, -0.25) is 4.79 Å². The van der Waals surface area contributed by atoms with Crippen LogP contribution < -0.4 is 5.32 Å². The summed E-state index contributed by atoms with van der Waals surface area (Å²) in [6.45, 7) is 3.40. The van der Waals surface area contributed by atoms with E-state index in [0.717, 1.165) is 11.1 Å². The van der Waals surface area contributed by atoms with E-state index in [9.17, 15) is 9.59 Å². The highest BCUT2D eigenvalue weighted by Gasteiger charge is 2.10. The monoisotopic (exact) mass is 317 g/mol. The second kappa shape index (κ2) is 7.09. The van der Waals surface area contributed by atoms with Crippen molar-refractivity contribution in [2.24, 2.45) is 0 Å². The maximum atomic E-state index is 11.8. The van der Waals surface area contributed by atoms with Crippen LogP contribution in [0.3, 0.4) is 0 Å². The largest absolute Gasteiger partial charge is 0.452 e. The Morgan fingerprint density at radius 3 is 2.59 bits per heavy atom. The second-order valence-electron chi connectivity index (χ2n) is 4.96. The van der Waals surface area contributed by atoms with Gasteiger partial charge in [0.15, 0.2) is 6.61 Å². The molecule has 0 aliphatic heterocycles. The Morgan fingerprint density at radius 1 is 1.14 bits per heavy atom. The molecule has 1 N–H and O–H groups in total. The number of carbonyl (C=O) groups is 2. The number of aryl methyl sites for hydroxylation is 2. The zero-order valence-electron chi connectivity index (χ0n) is 12.4. The van der Waals surface area contributed by atoms with E-state index in [1.807, 2.05) is 19.9 Å². The molecule has 2 aromatic rings. The zero-order chi connectivity index (χ0) is 16.1. The topological polar surface area (TPSA) is 55.4 Å². The van der Waals surface area contributed by atoms with Crippen LogP contribution in [0.5, 0.6) is 0 Å². The zero-order valence-corrected chi connectivity index (χ0v) is 13.1. The first kappa shape index (κ1) is 16.0. The van der Waals surface area contributed by atoms with Crippen LogP contribution in [-0.4, -0.2) is 18.5 Å². The highest BCUT2D eigenvalue weighted by atomic mass is 35.5. The lowest BCUT2D eigenvalue weighted by Gasteiger charge is -2.08. The molecule has 1 amide bonds. The first-order chi connectivity index (χ1) is 10.5. The minimum Gasteiger partial charge on any atom is -0.452 e. The molecular formula is C17H16ClNO3. The Labute approximate surface area is 134 Å². The third-order valence-electron chi connectivity index (χ3n) is 3.04. The van der Waals surface area contributed by atoms with Gasteiger partial charge in [0.25, 0.3) is 5.91 Å². The quantitative estimate of drug-likeness (QED) is 0.874. The molecule has 0 unspecified atom stereocenters. The van der Waals surface area contributed by atoms with Gasteiger partial charge in [-0.2, -0.15) is 0 Å². The van der Waals surface area contributed by atoms with Crippen LogP contribution in [0.25, 0.3) is 0 Å². The molecule has 4 nitrogen and oxygen atoms in total. The summed E-state index contributed by atoms with van der Waals surface area (Å²) < 4.78 is 4.99. The molecule has 0 aliphatic carbocycles. The van der Waals surface area contributed by atoms with E-state index in [4.69, 9.17) is 16.3 Å². The molecule has 2 rings (SSSR count). The van der Waals surface area contributed by atoms with Gasteiger partial charge < -0.3 is 10.1 Å². The summed E-state index contributed by atoms with van der Waals surface area (Å²) in [6.07, 6.45) is 0. The normalized spacial score (nSPS) is 10.1. The van der Waals surface area contributed by atoms with Crippen molar-refractivity contribution >= 4 is 29.2 Å². The van der Waals surface area contributed by atoms with Gasteiger partial charge in [0.05, 0.1) is 5.56 Å². The number of esters is 1. The maximum Gasteiger partial charge on any atom is 0.338 e. The van der Waals surface area contributed by atoms with Gasteiger partial charge in [-0.15, -0.1) is 0 Å². The maximum absolute atomic E-state index is 11.8. The second-order valence-corrected chi connectivity index (χ2v) is 5.36. The lowest BCUT2D eigenvalue weighted by molar-refractivity contribution is -0.119. The van der Waals surface area contributed by atoms with E-state index in [1.54, 1.807) is 36.4 Å². The van der Waals surface area contributed by atoms with Crippen molar-refractivity contribution in [1.29, 1.82) is 0 Å². The van der Waals surface area contributed by atoms with Crippen molar-refractivity contribution in [3.63, 3.8) is 0 Å². The average molecular weight is 318 g/mol. The summed E-state index contributed by atoms with van der Waals surface area (Å²) >= 11 is 5.98. The van der Waals surface area contributed by atoms with Crippen molar-refractivity contribution < 1.29 is 14.3 Å². The highest BCUT2D eigenvalue weighted by molar-refractivity contribution is 6.31. The van der Waals surface area contributed by atoms with E-state index in [2.05, 4.69) is 5.32 Å². The molecule has 0 radical (unpaired) electrons. The van der Waals surface area contributed by atoms with Crippen molar-refractivity contribution in [1.82, 2.24) is 0 Å². The van der Waals surface area contributed by atoms with Crippen molar-refractivity contribution in [3.8, 4) is 0 Å². The fraction of sp³-hybridized carbons (Fsp3) is 0.176. The number of halogens is 1. The molecule has 0 heterocycles. The molecule has 0 atom stereocenters. The molecule has 0 saturated heterocycles. The summed E-state index contributed by atoms with van der Waals surface area (Å²) in [7, 11) is 0. The van der Waals surface area contributed by atoms with Gasteiger partial charge in [0.1, 0.15) is 0 Å². The minimum absolute atomic E-state index is 0.349. The van der Waals surface area contributed by atoms with E-state index in [-0.39, 0.29) is 6.61 Å². The molecule has 0 aliphatic rings. The Kier molecular flexibility index (Phi) is 5.17. The molecule has 114 valence electrons. The summed E-state index contributed by atoms with van der Waals surface area (Å²) in [4.78, 5) is 23.6. The number of rotatable bonds is 4. The summed E-state index contributed by atoms with van der Waals surface area (Å²) in [5.74, 6) is -0.943. The van der Waals surface area contributed by atoms with E-state index < -0.39 is 11.9 Å². The smallest absolute Gasteiger partial charge is 0.338 e. The van der Waals surface area contributed by atoms with Crippen molar-refractivity contribution in [2.45, 2.75) is 13.8 Å². The lowest BCUT2D eigenvalue weighted by Crippen LogP contribution is -2.21. The number of amides is 1. The third kappa shape index (κ3) is 4.33. The van der Waals surface area contributed by atoms with Crippen molar-refractivity contribution in [3.05, 3.63) is 64.2 Å². The molecule has 2 aromatic carbocycles. The number of carbonyl (C=O) groups excluding carboxylic acids is 2. The van der Waals surface area contributed by atoms with Crippen LogP contribution in [0.2, 0.25) is 5.02 Å². The molecule has 0 spiro atoms. The predicted octanol–water partition coefficient (Wildman–Crippen LogP) is 3.75. The molecule has 5 heteroatoms. The Morgan fingerprint density at radius 2 is 1.91 bits per heavy atom. The number of benzene rings is 2. The molecule has 22 heavy (non-hydrogen) atoms. The van der Waals surface area contributed by atoms with Gasteiger partial charge in [0, 0.05) is 10.7 Å². The third-order valence-corrected chi connectivity index (χ3v) is 3.45. The van der Waals surface area contributed by atoms with Gasteiger partial charge in [0.2, 0.25) is 0 Å². The highest BCUT2D eigenvalue weighted by Crippen LogP contribution is 2.19. The predicted molar refractivity (Wildman–Crippen MR) is 86.3 cm³/mol. The molecular weight excluding hydrogens is 302 g/mol. The van der Waals surface area contributed by atoms with Gasteiger partial charge in [-0.1, -0.05) is 35.4 Å². The molecule has 0 bridgehead atoms. The molecule has 0 aromatic heterocycles. The number of hydrogen-bond donors (Lipinski definition) is 1. The fourth-order valence-corrected chi connectivity index (χ4v) is 2.03. The van der Waals surface area contributed by atoms with Crippen LogP contribution in [0.15, 0.2) is 42.5 Å². The average Bonchev–Trinajstić information content (AvgIpc) is 2.48. The summed E-state index contributed by atoms with van der Waals surface area (Å²) in [5.41, 5.74) is 2.86. The van der Waals surface area contributed by atoms with Crippen LogP contribution in [0.1, 0.15) is 21.5 Å². The Hall–Kier alpha value is -2.33. The van der Waals surface area contributed by atoms with Crippen LogP contribution in [0.4, 0.5) is 5.69 Å². The summed E-state index contributed by atoms with van der Waals surface area (Å²) in [6, 6.07) is 12.2. The Bertz CT molecular complexity index is 713. The van der Waals surface area contributed by atoms with E-state index >= 15 is 0 Å². The van der Waals surface area contributed by atoms with Crippen molar-refractivity contribution in [2.75, 3.05) is 11.9 Å².